The second-order valence-corrected chi connectivity index (χ2v) is 7.59. The van der Waals surface area contributed by atoms with Gasteiger partial charge in [0.25, 0.3) is 0 Å². The van der Waals surface area contributed by atoms with Gasteiger partial charge in [0.1, 0.15) is 17.6 Å². The van der Waals surface area contributed by atoms with E-state index in [0.717, 1.165) is 5.56 Å². The van der Waals surface area contributed by atoms with Gasteiger partial charge in [-0.05, 0) is 48.9 Å². The number of aromatic nitrogens is 3. The first-order valence-electron chi connectivity index (χ1n) is 9.11. The Morgan fingerprint density at radius 3 is 1.94 bits per heavy atom. The van der Waals surface area contributed by atoms with Crippen molar-refractivity contribution in [2.24, 2.45) is 0 Å². The van der Waals surface area contributed by atoms with Gasteiger partial charge in [-0.25, -0.2) is 15.0 Å². The van der Waals surface area contributed by atoms with Gasteiger partial charge in [-0.15, -0.1) is 0 Å². The lowest BCUT2D eigenvalue weighted by Crippen LogP contribution is -2.01. The minimum absolute atomic E-state index is 0.00498. The Bertz CT molecular complexity index is 1340. The summed E-state index contributed by atoms with van der Waals surface area (Å²) in [6, 6.07) is 16.8. The number of aromatic hydroxyl groups is 2. The van der Waals surface area contributed by atoms with Crippen molar-refractivity contribution in [1.82, 2.24) is 15.0 Å². The van der Waals surface area contributed by atoms with Gasteiger partial charge in [-0.2, -0.15) is 5.26 Å². The Balaban J connectivity index is 1.99. The van der Waals surface area contributed by atoms with Gasteiger partial charge in [-0.3, -0.25) is 0 Å². The molecule has 31 heavy (non-hydrogen) atoms. The first-order chi connectivity index (χ1) is 14.9. The van der Waals surface area contributed by atoms with E-state index < -0.39 is 0 Å². The molecule has 0 fully saturated rings. The smallest absolute Gasteiger partial charge is 0.167 e. The number of benzene rings is 3. The summed E-state index contributed by atoms with van der Waals surface area (Å²) in [7, 11) is 0. The fourth-order valence-electron chi connectivity index (χ4n) is 3.05. The highest BCUT2D eigenvalue weighted by Gasteiger charge is 2.18. The number of nitrogens with zero attached hydrogens (tertiary/aromatic N) is 4. The molecule has 0 saturated carbocycles. The Labute approximate surface area is 188 Å². The number of nitriles is 1. The Hall–Kier alpha value is -3.66. The molecule has 2 N–H and O–H groups in total. The summed E-state index contributed by atoms with van der Waals surface area (Å²) in [6.07, 6.45) is 0. The van der Waals surface area contributed by atoms with Crippen molar-refractivity contribution < 1.29 is 10.2 Å². The topological polar surface area (TPSA) is 103 Å². The zero-order chi connectivity index (χ0) is 22.1. The molecule has 4 aromatic rings. The summed E-state index contributed by atoms with van der Waals surface area (Å²) < 4.78 is 0. The first kappa shape index (κ1) is 20.6. The molecule has 1 heterocycles. The predicted octanol–water partition coefficient (Wildman–Crippen LogP) is 5.77. The van der Waals surface area contributed by atoms with Crippen LogP contribution >= 0.6 is 23.2 Å². The van der Waals surface area contributed by atoms with E-state index in [4.69, 9.17) is 23.2 Å². The van der Waals surface area contributed by atoms with Crippen LogP contribution in [-0.2, 0) is 0 Å². The summed E-state index contributed by atoms with van der Waals surface area (Å²) in [5.41, 5.74) is 2.28. The predicted molar refractivity (Wildman–Crippen MR) is 119 cm³/mol. The third-order valence-corrected chi connectivity index (χ3v) is 5.18. The molecule has 0 aliphatic rings. The van der Waals surface area contributed by atoms with E-state index in [1.807, 2.05) is 19.1 Å². The molecule has 152 valence electrons. The molecule has 0 unspecified atom stereocenters. The van der Waals surface area contributed by atoms with Gasteiger partial charge >= 0.3 is 0 Å². The minimum Gasteiger partial charge on any atom is -0.507 e. The number of para-hydroxylation sites is 1. The summed E-state index contributed by atoms with van der Waals surface area (Å²) >= 11 is 12.4. The van der Waals surface area contributed by atoms with Gasteiger partial charge in [0, 0.05) is 5.56 Å². The molecule has 0 amide bonds. The zero-order valence-electron chi connectivity index (χ0n) is 16.1. The van der Waals surface area contributed by atoms with Gasteiger partial charge < -0.3 is 10.2 Å². The largest absolute Gasteiger partial charge is 0.507 e. The number of hydrogen-bond acceptors (Lipinski definition) is 6. The molecule has 4 rings (SSSR count). The number of rotatable bonds is 3. The fraction of sp³-hybridized carbons (Fsp3) is 0.0435. The number of aryl methyl sites for hydroxylation is 1. The van der Waals surface area contributed by atoms with Crippen molar-refractivity contribution in [1.29, 1.82) is 5.26 Å². The molecular weight excluding hydrogens is 435 g/mol. The molecule has 0 bridgehead atoms. The second kappa shape index (κ2) is 8.23. The van der Waals surface area contributed by atoms with Crippen LogP contribution in [0.3, 0.4) is 0 Å². The van der Waals surface area contributed by atoms with Crippen LogP contribution in [0.25, 0.3) is 34.2 Å². The van der Waals surface area contributed by atoms with E-state index in [2.05, 4.69) is 15.0 Å². The van der Waals surface area contributed by atoms with Crippen LogP contribution in [-0.4, -0.2) is 25.2 Å². The Morgan fingerprint density at radius 1 is 0.774 bits per heavy atom. The molecule has 0 aliphatic heterocycles. The Morgan fingerprint density at radius 2 is 1.35 bits per heavy atom. The Kier molecular flexibility index (Phi) is 5.47. The van der Waals surface area contributed by atoms with Crippen LogP contribution in [0.4, 0.5) is 0 Å². The average molecular weight is 449 g/mol. The van der Waals surface area contributed by atoms with Crippen LogP contribution < -0.4 is 0 Å². The van der Waals surface area contributed by atoms with Crippen LogP contribution in [0, 0.1) is 18.3 Å². The number of hydrogen-bond donors (Lipinski definition) is 2. The normalized spacial score (nSPS) is 10.6. The maximum atomic E-state index is 10.5. The van der Waals surface area contributed by atoms with Crippen molar-refractivity contribution in [3.05, 3.63) is 75.8 Å². The van der Waals surface area contributed by atoms with E-state index in [1.54, 1.807) is 30.3 Å². The molecule has 0 radical (unpaired) electrons. The van der Waals surface area contributed by atoms with E-state index in [9.17, 15) is 15.5 Å². The lowest BCUT2D eigenvalue weighted by molar-refractivity contribution is 0.476. The quantitative estimate of drug-likeness (QED) is 0.412. The third kappa shape index (κ3) is 4.02. The lowest BCUT2D eigenvalue weighted by Gasteiger charge is -2.11. The van der Waals surface area contributed by atoms with Crippen molar-refractivity contribution in [3.8, 4) is 51.7 Å². The van der Waals surface area contributed by atoms with Gasteiger partial charge in [0.2, 0.25) is 0 Å². The van der Waals surface area contributed by atoms with Gasteiger partial charge in [-0.1, -0.05) is 41.4 Å². The molecule has 0 atom stereocenters. The molecule has 0 aliphatic carbocycles. The van der Waals surface area contributed by atoms with E-state index in [-0.39, 0.29) is 44.6 Å². The monoisotopic (exact) mass is 448 g/mol. The molecule has 6 nitrogen and oxygen atoms in total. The highest BCUT2D eigenvalue weighted by Crippen LogP contribution is 2.35. The maximum absolute atomic E-state index is 10.5. The van der Waals surface area contributed by atoms with E-state index >= 15 is 0 Å². The molecule has 8 heteroatoms. The molecule has 0 saturated heterocycles. The number of phenols is 2. The van der Waals surface area contributed by atoms with Crippen molar-refractivity contribution in [3.63, 3.8) is 0 Å². The maximum Gasteiger partial charge on any atom is 0.167 e. The summed E-state index contributed by atoms with van der Waals surface area (Å²) in [5, 5.41) is 30.3. The van der Waals surface area contributed by atoms with Gasteiger partial charge in [0.15, 0.2) is 17.5 Å². The van der Waals surface area contributed by atoms with Crippen molar-refractivity contribution in [2.75, 3.05) is 0 Å². The molecular formula is C23H14Cl2N4O2. The number of halogens is 2. The summed E-state index contributed by atoms with van der Waals surface area (Å²) in [4.78, 5) is 13.4. The van der Waals surface area contributed by atoms with E-state index in [1.165, 1.54) is 18.2 Å². The summed E-state index contributed by atoms with van der Waals surface area (Å²) in [6.45, 7) is 1.86. The second-order valence-electron chi connectivity index (χ2n) is 6.77. The summed E-state index contributed by atoms with van der Waals surface area (Å²) in [5.74, 6) is 0.634. The van der Waals surface area contributed by atoms with Crippen LogP contribution in [0.1, 0.15) is 11.1 Å². The highest BCUT2D eigenvalue weighted by molar-refractivity contribution is 6.37. The van der Waals surface area contributed by atoms with Crippen LogP contribution in [0.5, 0.6) is 11.5 Å². The standard InChI is InChI=1S/C23H14Cl2N4O2/c1-12-6-7-15(20(31)8-12)23-28-21(13-9-17(24)16(11-26)18(25)10-13)27-22(29-23)14-4-2-3-5-19(14)30/h2-10,30-31H,1H3. The average Bonchev–Trinajstić information content (AvgIpc) is 2.73. The van der Waals surface area contributed by atoms with Crippen LogP contribution in [0.15, 0.2) is 54.6 Å². The first-order valence-corrected chi connectivity index (χ1v) is 9.87. The minimum atomic E-state index is -0.00498. The number of phenolic OH excluding ortho intramolecular Hbond substituents is 2. The van der Waals surface area contributed by atoms with E-state index in [0.29, 0.717) is 16.7 Å². The molecule has 0 spiro atoms. The van der Waals surface area contributed by atoms with Gasteiger partial charge in [0.05, 0.1) is 26.7 Å². The zero-order valence-corrected chi connectivity index (χ0v) is 17.6. The fourth-order valence-corrected chi connectivity index (χ4v) is 3.62. The third-order valence-electron chi connectivity index (χ3n) is 4.59. The highest BCUT2D eigenvalue weighted by atomic mass is 35.5. The van der Waals surface area contributed by atoms with Crippen molar-refractivity contribution >= 4 is 23.2 Å². The SMILES string of the molecule is Cc1ccc(-c2nc(-c3cc(Cl)c(C#N)c(Cl)c3)nc(-c3ccccc3O)n2)c(O)c1. The molecule has 3 aromatic carbocycles. The van der Waals surface area contributed by atoms with Crippen molar-refractivity contribution in [2.45, 2.75) is 6.92 Å². The lowest BCUT2D eigenvalue weighted by atomic mass is 10.1. The molecule has 1 aromatic heterocycles. The van der Waals surface area contributed by atoms with Crippen LogP contribution in [0.2, 0.25) is 10.0 Å².